The van der Waals surface area contributed by atoms with Crippen LogP contribution < -0.4 is 4.74 Å². The van der Waals surface area contributed by atoms with Gasteiger partial charge in [-0.15, -0.1) is 15.0 Å². The number of hydrogen-bond donors (Lipinski definition) is 1. The highest BCUT2D eigenvalue weighted by molar-refractivity contribution is 5.73. The third kappa shape index (κ3) is 3.44. The number of aromatic hydroxyl groups is 1. The Morgan fingerprint density at radius 3 is 2.43 bits per heavy atom. The quantitative estimate of drug-likeness (QED) is 0.745. The van der Waals surface area contributed by atoms with Gasteiger partial charge in [0.05, 0.1) is 6.10 Å². The Bertz CT molecular complexity index is 765. The summed E-state index contributed by atoms with van der Waals surface area (Å²) in [5.41, 5.74) is 2.12. The fourth-order valence-corrected chi connectivity index (χ4v) is 2.50. The Labute approximate surface area is 135 Å². The van der Waals surface area contributed by atoms with Gasteiger partial charge in [0.2, 0.25) is 0 Å². The van der Waals surface area contributed by atoms with Gasteiger partial charge in [0.15, 0.2) is 0 Å². The topological polar surface area (TPSA) is 60.2 Å². The van der Waals surface area contributed by atoms with Crippen molar-refractivity contribution < 1.29 is 9.84 Å². The van der Waals surface area contributed by atoms with E-state index < -0.39 is 0 Å². The number of phenols is 1. The zero-order chi connectivity index (χ0) is 16.2. The smallest absolute Gasteiger partial charge is 0.146 e. The van der Waals surface area contributed by atoms with Crippen molar-refractivity contribution in [2.45, 2.75) is 39.2 Å². The number of ether oxygens (including phenoxy) is 1. The van der Waals surface area contributed by atoms with Crippen molar-refractivity contribution in [2.24, 2.45) is 0 Å². The molecule has 1 atom stereocenters. The van der Waals surface area contributed by atoms with Crippen LogP contribution in [0.25, 0.3) is 16.7 Å². The van der Waals surface area contributed by atoms with Gasteiger partial charge in [-0.25, -0.2) is 0 Å². The number of nitrogens with zero attached hydrogens (tertiary/aromatic N) is 3. The molecule has 0 aliphatic rings. The van der Waals surface area contributed by atoms with E-state index >= 15 is 0 Å². The molecule has 0 bridgehead atoms. The predicted octanol–water partition coefficient (Wildman–Crippen LogP) is 4.08. The highest BCUT2D eigenvalue weighted by atomic mass is 16.5. The Morgan fingerprint density at radius 1 is 1.13 bits per heavy atom. The van der Waals surface area contributed by atoms with Crippen molar-refractivity contribution in [1.29, 1.82) is 0 Å². The van der Waals surface area contributed by atoms with Crippen LogP contribution in [0, 0.1) is 0 Å². The van der Waals surface area contributed by atoms with Gasteiger partial charge >= 0.3 is 0 Å². The number of aromatic nitrogens is 3. The zero-order valence-electron chi connectivity index (χ0n) is 13.4. The molecule has 1 heterocycles. The highest BCUT2D eigenvalue weighted by Crippen LogP contribution is 2.27. The molecule has 5 heteroatoms. The van der Waals surface area contributed by atoms with Crippen molar-refractivity contribution in [3.05, 3.63) is 42.5 Å². The summed E-state index contributed by atoms with van der Waals surface area (Å²) in [6.45, 7) is 4.21. The van der Waals surface area contributed by atoms with Crippen molar-refractivity contribution in [3.63, 3.8) is 0 Å². The summed E-state index contributed by atoms with van der Waals surface area (Å²) in [6.07, 6.45) is 3.42. The summed E-state index contributed by atoms with van der Waals surface area (Å²) in [6, 6.07) is 12.8. The van der Waals surface area contributed by atoms with Crippen LogP contribution in [0.1, 0.15) is 33.1 Å². The van der Waals surface area contributed by atoms with Gasteiger partial charge in [-0.05, 0) is 37.6 Å². The second-order valence-electron chi connectivity index (χ2n) is 5.70. The standard InChI is InChI=1S/C18H21N3O2/c1-3-4-7-13(2)23-14-10-11-17(18(22)12-14)21-19-15-8-5-6-9-16(15)20-21/h5-6,8-13,22H,3-4,7H2,1-2H3. The van der Waals surface area contributed by atoms with Crippen LogP contribution in [-0.2, 0) is 0 Å². The maximum absolute atomic E-state index is 10.3. The van der Waals surface area contributed by atoms with Crippen LogP contribution in [0.4, 0.5) is 0 Å². The molecule has 0 spiro atoms. The van der Waals surface area contributed by atoms with Crippen LogP contribution in [-0.4, -0.2) is 26.2 Å². The SMILES string of the molecule is CCCCC(C)Oc1ccc(-n2nc3ccccc3n2)c(O)c1. The summed E-state index contributed by atoms with van der Waals surface area (Å²) in [5, 5.41) is 19.0. The minimum Gasteiger partial charge on any atom is -0.505 e. The van der Waals surface area contributed by atoms with Crippen LogP contribution >= 0.6 is 0 Å². The maximum Gasteiger partial charge on any atom is 0.146 e. The number of benzene rings is 2. The molecular formula is C18H21N3O2. The first kappa shape index (κ1) is 15.3. The van der Waals surface area contributed by atoms with Gasteiger partial charge in [-0.3, -0.25) is 0 Å². The summed E-state index contributed by atoms with van der Waals surface area (Å²) < 4.78 is 5.84. The molecule has 0 saturated carbocycles. The van der Waals surface area contributed by atoms with Gasteiger partial charge in [0, 0.05) is 6.07 Å². The first-order chi connectivity index (χ1) is 11.2. The third-order valence-electron chi connectivity index (χ3n) is 3.75. The lowest BCUT2D eigenvalue weighted by molar-refractivity contribution is 0.207. The molecule has 3 rings (SSSR count). The molecule has 23 heavy (non-hydrogen) atoms. The molecule has 0 radical (unpaired) electrons. The lowest BCUT2D eigenvalue weighted by Crippen LogP contribution is -2.11. The molecule has 120 valence electrons. The molecule has 1 aromatic heterocycles. The number of fused-ring (bicyclic) bond motifs is 1. The van der Waals surface area contributed by atoms with E-state index in [1.807, 2.05) is 37.3 Å². The molecule has 0 fully saturated rings. The van der Waals surface area contributed by atoms with Crippen LogP contribution in [0.3, 0.4) is 0 Å². The van der Waals surface area contributed by atoms with Gasteiger partial charge < -0.3 is 9.84 Å². The van der Waals surface area contributed by atoms with E-state index in [0.29, 0.717) is 11.4 Å². The number of unbranched alkanes of at least 4 members (excludes halogenated alkanes) is 1. The molecule has 2 aromatic carbocycles. The van der Waals surface area contributed by atoms with Crippen molar-refractivity contribution in [1.82, 2.24) is 15.0 Å². The highest BCUT2D eigenvalue weighted by Gasteiger charge is 2.11. The molecule has 0 amide bonds. The fraction of sp³-hybridized carbons (Fsp3) is 0.333. The monoisotopic (exact) mass is 311 g/mol. The Kier molecular flexibility index (Phi) is 4.46. The predicted molar refractivity (Wildman–Crippen MR) is 90.1 cm³/mol. The van der Waals surface area contributed by atoms with E-state index in [4.69, 9.17) is 4.74 Å². The Hall–Kier alpha value is -2.56. The molecule has 3 aromatic rings. The minimum atomic E-state index is 0.102. The minimum absolute atomic E-state index is 0.102. The Morgan fingerprint density at radius 2 is 1.83 bits per heavy atom. The average molecular weight is 311 g/mol. The van der Waals surface area contributed by atoms with Gasteiger partial charge in [-0.2, -0.15) is 0 Å². The number of phenolic OH excluding ortho intramolecular Hbond substituents is 1. The molecule has 0 aliphatic heterocycles. The average Bonchev–Trinajstić information content (AvgIpc) is 2.96. The van der Waals surface area contributed by atoms with Crippen LogP contribution in [0.15, 0.2) is 42.5 Å². The van der Waals surface area contributed by atoms with E-state index in [1.54, 1.807) is 12.1 Å². The lowest BCUT2D eigenvalue weighted by atomic mass is 10.2. The van der Waals surface area contributed by atoms with Gasteiger partial charge in [0.25, 0.3) is 0 Å². The number of rotatable bonds is 6. The summed E-state index contributed by atoms with van der Waals surface area (Å²) >= 11 is 0. The number of hydrogen-bond acceptors (Lipinski definition) is 4. The summed E-state index contributed by atoms with van der Waals surface area (Å²) in [5.74, 6) is 0.761. The van der Waals surface area contributed by atoms with Crippen LogP contribution in [0.2, 0.25) is 0 Å². The van der Waals surface area contributed by atoms with Crippen molar-refractivity contribution in [2.75, 3.05) is 0 Å². The van der Waals surface area contributed by atoms with Crippen LogP contribution in [0.5, 0.6) is 11.5 Å². The lowest BCUT2D eigenvalue weighted by Gasteiger charge is -2.15. The van der Waals surface area contributed by atoms with E-state index in [0.717, 1.165) is 30.3 Å². The van der Waals surface area contributed by atoms with Gasteiger partial charge in [0.1, 0.15) is 28.2 Å². The van der Waals surface area contributed by atoms with Crippen molar-refractivity contribution in [3.8, 4) is 17.2 Å². The maximum atomic E-state index is 10.3. The molecular weight excluding hydrogens is 290 g/mol. The second kappa shape index (κ2) is 6.69. The summed E-state index contributed by atoms with van der Waals surface area (Å²) in [7, 11) is 0. The first-order valence-corrected chi connectivity index (χ1v) is 7.99. The largest absolute Gasteiger partial charge is 0.505 e. The second-order valence-corrected chi connectivity index (χ2v) is 5.70. The van der Waals surface area contributed by atoms with Crippen molar-refractivity contribution >= 4 is 11.0 Å². The molecule has 1 N–H and O–H groups in total. The molecule has 5 nitrogen and oxygen atoms in total. The molecule has 1 unspecified atom stereocenters. The molecule has 0 saturated heterocycles. The normalized spacial score (nSPS) is 12.4. The zero-order valence-corrected chi connectivity index (χ0v) is 13.4. The third-order valence-corrected chi connectivity index (χ3v) is 3.75. The Balaban J connectivity index is 1.81. The molecule has 0 aliphatic carbocycles. The van der Waals surface area contributed by atoms with E-state index in [-0.39, 0.29) is 11.9 Å². The van der Waals surface area contributed by atoms with Gasteiger partial charge in [-0.1, -0.05) is 31.9 Å². The van der Waals surface area contributed by atoms with E-state index in [1.165, 1.54) is 4.80 Å². The van der Waals surface area contributed by atoms with E-state index in [9.17, 15) is 5.11 Å². The fourth-order valence-electron chi connectivity index (χ4n) is 2.50. The van der Waals surface area contributed by atoms with E-state index in [2.05, 4.69) is 17.1 Å². The summed E-state index contributed by atoms with van der Waals surface area (Å²) in [4.78, 5) is 1.45. The first-order valence-electron chi connectivity index (χ1n) is 7.99.